The number of rotatable bonds is 1. The molecule has 1 aliphatic heterocycles. The molecular formula is C20H17N3O. The molecule has 5 rings (SSSR count). The zero-order valence-electron chi connectivity index (χ0n) is 13.5. The lowest BCUT2D eigenvalue weighted by Crippen LogP contribution is -2.35. The Bertz CT molecular complexity index is 1010. The summed E-state index contributed by atoms with van der Waals surface area (Å²) in [7, 11) is 0. The largest absolute Gasteiger partial charge is 0.310 e. The van der Waals surface area contributed by atoms with Gasteiger partial charge in [0.1, 0.15) is 5.82 Å². The molecule has 1 atom stereocenters. The third kappa shape index (κ3) is 1.71. The third-order valence-electron chi connectivity index (χ3n) is 5.40. The maximum atomic E-state index is 12.8. The van der Waals surface area contributed by atoms with Gasteiger partial charge in [0.15, 0.2) is 0 Å². The van der Waals surface area contributed by atoms with Gasteiger partial charge in [0.25, 0.3) is 0 Å². The number of hydrogen-bond acceptors (Lipinski definition) is 3. The Labute approximate surface area is 139 Å². The van der Waals surface area contributed by atoms with Crippen molar-refractivity contribution in [3.8, 4) is 0 Å². The average Bonchev–Trinajstić information content (AvgIpc) is 3.10. The molecule has 3 aromatic rings. The first-order chi connectivity index (χ1) is 11.7. The molecule has 2 aromatic heterocycles. The number of anilines is 1. The van der Waals surface area contributed by atoms with E-state index < -0.39 is 5.41 Å². The average molecular weight is 315 g/mol. The summed E-state index contributed by atoms with van der Waals surface area (Å²) in [4.78, 5) is 21.8. The van der Waals surface area contributed by atoms with Crippen LogP contribution in [0.5, 0.6) is 0 Å². The summed E-state index contributed by atoms with van der Waals surface area (Å²) >= 11 is 0. The van der Waals surface area contributed by atoms with Gasteiger partial charge in [-0.05, 0) is 54.7 Å². The van der Waals surface area contributed by atoms with Gasteiger partial charge in [0.2, 0.25) is 5.91 Å². The van der Waals surface area contributed by atoms with Crippen LogP contribution in [0.2, 0.25) is 0 Å². The topological polar surface area (TPSA) is 54.9 Å². The summed E-state index contributed by atoms with van der Waals surface area (Å²) in [5, 5.41) is 4.11. The Kier molecular flexibility index (Phi) is 2.64. The van der Waals surface area contributed by atoms with Gasteiger partial charge < -0.3 is 5.32 Å². The van der Waals surface area contributed by atoms with Gasteiger partial charge in [0, 0.05) is 22.8 Å². The molecule has 0 fully saturated rings. The van der Waals surface area contributed by atoms with Crippen LogP contribution in [0.1, 0.15) is 29.3 Å². The van der Waals surface area contributed by atoms with Gasteiger partial charge in [0.05, 0.1) is 10.9 Å². The summed E-state index contributed by atoms with van der Waals surface area (Å²) in [5.74, 6) is 0.782. The Morgan fingerprint density at radius 3 is 2.83 bits per heavy atom. The Hall–Kier alpha value is -2.75. The number of nitrogens with one attached hydrogen (secondary N) is 1. The summed E-state index contributed by atoms with van der Waals surface area (Å²) in [5.41, 5.74) is 5.13. The van der Waals surface area contributed by atoms with E-state index in [0.717, 1.165) is 41.4 Å². The van der Waals surface area contributed by atoms with Crippen molar-refractivity contribution in [3.63, 3.8) is 0 Å². The SMILES string of the molecule is CCc1ccc2cc3c(cc2n1)C[C@@]1(C3)C(=O)Nc2ncccc21. The molecule has 1 spiro atoms. The van der Waals surface area contributed by atoms with Crippen LogP contribution in [-0.4, -0.2) is 15.9 Å². The molecule has 0 saturated heterocycles. The Morgan fingerprint density at radius 2 is 2.00 bits per heavy atom. The smallest absolute Gasteiger partial charge is 0.237 e. The molecule has 2 aliphatic rings. The summed E-state index contributed by atoms with van der Waals surface area (Å²) in [6.07, 6.45) is 4.11. The fraction of sp³-hybridized carbons (Fsp3) is 0.250. The minimum Gasteiger partial charge on any atom is -0.310 e. The predicted octanol–water partition coefficient (Wildman–Crippen LogP) is 3.18. The van der Waals surface area contributed by atoms with Crippen molar-refractivity contribution in [1.82, 2.24) is 9.97 Å². The molecule has 1 amide bonds. The van der Waals surface area contributed by atoms with Crippen molar-refractivity contribution in [2.75, 3.05) is 5.32 Å². The van der Waals surface area contributed by atoms with Crippen molar-refractivity contribution >= 4 is 22.6 Å². The second-order valence-corrected chi connectivity index (χ2v) is 6.76. The predicted molar refractivity (Wildman–Crippen MR) is 93.1 cm³/mol. The minimum absolute atomic E-state index is 0.0682. The maximum absolute atomic E-state index is 12.8. The molecule has 1 aromatic carbocycles. The molecule has 1 N–H and O–H groups in total. The molecule has 0 radical (unpaired) electrons. The van der Waals surface area contributed by atoms with Crippen molar-refractivity contribution in [2.24, 2.45) is 0 Å². The van der Waals surface area contributed by atoms with Crippen LogP contribution < -0.4 is 5.32 Å². The van der Waals surface area contributed by atoms with E-state index >= 15 is 0 Å². The molecule has 4 nitrogen and oxygen atoms in total. The number of fused-ring (bicyclic) bond motifs is 4. The number of hydrogen-bond donors (Lipinski definition) is 1. The summed E-state index contributed by atoms with van der Waals surface area (Å²) in [6, 6.07) is 12.5. The first-order valence-electron chi connectivity index (χ1n) is 8.38. The number of benzene rings is 1. The molecule has 4 heteroatoms. The highest BCUT2D eigenvalue weighted by Gasteiger charge is 2.51. The summed E-state index contributed by atoms with van der Waals surface area (Å²) in [6.45, 7) is 2.11. The Balaban J connectivity index is 1.66. The molecule has 1 aliphatic carbocycles. The van der Waals surface area contributed by atoms with Gasteiger partial charge in [-0.2, -0.15) is 0 Å². The lowest BCUT2D eigenvalue weighted by atomic mass is 9.79. The highest BCUT2D eigenvalue weighted by molar-refractivity contribution is 6.06. The number of aryl methyl sites for hydroxylation is 1. The molecule has 118 valence electrons. The van der Waals surface area contributed by atoms with Gasteiger partial charge >= 0.3 is 0 Å². The van der Waals surface area contributed by atoms with E-state index in [1.54, 1.807) is 6.20 Å². The number of aromatic nitrogens is 2. The fourth-order valence-corrected chi connectivity index (χ4v) is 4.13. The van der Waals surface area contributed by atoms with Crippen molar-refractivity contribution < 1.29 is 4.79 Å². The van der Waals surface area contributed by atoms with Crippen molar-refractivity contribution in [2.45, 2.75) is 31.6 Å². The number of amides is 1. The van der Waals surface area contributed by atoms with Gasteiger partial charge in [-0.1, -0.05) is 19.1 Å². The molecule has 0 unspecified atom stereocenters. The monoisotopic (exact) mass is 315 g/mol. The zero-order valence-corrected chi connectivity index (χ0v) is 13.5. The van der Waals surface area contributed by atoms with Gasteiger partial charge in [-0.15, -0.1) is 0 Å². The van der Waals surface area contributed by atoms with Crippen LogP contribution in [0.3, 0.4) is 0 Å². The zero-order chi connectivity index (χ0) is 16.3. The van der Waals surface area contributed by atoms with Crippen LogP contribution in [0.4, 0.5) is 5.82 Å². The maximum Gasteiger partial charge on any atom is 0.237 e. The van der Waals surface area contributed by atoms with Gasteiger partial charge in [-0.3, -0.25) is 9.78 Å². The fourth-order valence-electron chi connectivity index (χ4n) is 4.13. The highest BCUT2D eigenvalue weighted by atomic mass is 16.2. The van der Waals surface area contributed by atoms with Crippen molar-refractivity contribution in [1.29, 1.82) is 0 Å². The van der Waals surface area contributed by atoms with E-state index in [0.29, 0.717) is 5.82 Å². The molecular weight excluding hydrogens is 298 g/mol. The number of carbonyl (C=O) groups excluding carboxylic acids is 1. The second kappa shape index (κ2) is 4.63. The highest BCUT2D eigenvalue weighted by Crippen LogP contribution is 2.47. The van der Waals surface area contributed by atoms with E-state index in [-0.39, 0.29) is 5.91 Å². The lowest BCUT2D eigenvalue weighted by molar-refractivity contribution is -0.120. The van der Waals surface area contributed by atoms with Crippen LogP contribution in [-0.2, 0) is 29.5 Å². The molecule has 0 bridgehead atoms. The first kappa shape index (κ1) is 13.7. The van der Waals surface area contributed by atoms with Crippen LogP contribution in [0, 0.1) is 0 Å². The molecule has 0 saturated carbocycles. The van der Waals surface area contributed by atoms with E-state index in [1.165, 1.54) is 11.1 Å². The number of carbonyl (C=O) groups is 1. The minimum atomic E-state index is -0.503. The van der Waals surface area contributed by atoms with Crippen LogP contribution in [0.25, 0.3) is 10.9 Å². The third-order valence-corrected chi connectivity index (χ3v) is 5.40. The lowest BCUT2D eigenvalue weighted by Gasteiger charge is -2.20. The molecule has 24 heavy (non-hydrogen) atoms. The van der Waals surface area contributed by atoms with E-state index in [1.807, 2.05) is 12.1 Å². The van der Waals surface area contributed by atoms with Gasteiger partial charge in [-0.25, -0.2) is 4.98 Å². The normalized spacial score (nSPS) is 21.1. The van der Waals surface area contributed by atoms with Crippen LogP contribution in [0.15, 0.2) is 42.6 Å². The summed E-state index contributed by atoms with van der Waals surface area (Å²) < 4.78 is 0. The Morgan fingerprint density at radius 1 is 1.17 bits per heavy atom. The first-order valence-corrected chi connectivity index (χ1v) is 8.38. The van der Waals surface area contributed by atoms with Crippen molar-refractivity contribution in [3.05, 3.63) is 65.0 Å². The number of pyridine rings is 2. The van der Waals surface area contributed by atoms with E-state index in [2.05, 4.69) is 41.5 Å². The van der Waals surface area contributed by atoms with E-state index in [9.17, 15) is 4.79 Å². The quantitative estimate of drug-likeness (QED) is 0.750. The molecule has 3 heterocycles. The van der Waals surface area contributed by atoms with E-state index in [4.69, 9.17) is 4.98 Å². The van der Waals surface area contributed by atoms with Crippen LogP contribution >= 0.6 is 0 Å². The standard InChI is InChI=1S/C20H17N3O/c1-2-15-6-5-12-8-13-10-20(11-14(13)9-17(12)22-15)16-4-3-7-21-18(16)23-19(20)24/h3-9H,2,10-11H2,1H3,(H,21,23,24)/t20-/m1/s1. The number of nitrogens with zero attached hydrogens (tertiary/aromatic N) is 2. The second-order valence-electron chi connectivity index (χ2n) is 6.76.